The fourth-order valence-electron chi connectivity index (χ4n) is 4.26. The Kier molecular flexibility index (Phi) is 4.56. The van der Waals surface area contributed by atoms with Crippen molar-refractivity contribution in [3.63, 3.8) is 0 Å². The van der Waals surface area contributed by atoms with E-state index >= 15 is 0 Å². The van der Waals surface area contributed by atoms with Crippen LogP contribution >= 0.6 is 0 Å². The number of nitriles is 1. The summed E-state index contributed by atoms with van der Waals surface area (Å²) in [5, 5.41) is 12.2. The molecule has 2 saturated carbocycles. The Morgan fingerprint density at radius 2 is 2.09 bits per heavy atom. The Morgan fingerprint density at radius 3 is 2.74 bits per heavy atom. The minimum atomic E-state index is -0.606. The van der Waals surface area contributed by atoms with Crippen molar-refractivity contribution < 1.29 is 9.53 Å². The maximum Gasteiger partial charge on any atom is 0.260 e. The van der Waals surface area contributed by atoms with Gasteiger partial charge in [-0.25, -0.2) is 0 Å². The number of carbonyl (C=O) groups is 1. The van der Waals surface area contributed by atoms with Gasteiger partial charge >= 0.3 is 0 Å². The standard InChI is InChI=1S/C19H24N2O2/c1-12(17-10-14-7-8-15(17)9-14)21-19(22)13(2)23-18-6-4-3-5-16(18)11-20/h3-6,12-15,17H,7-10H2,1-2H3,(H,21,22)/t12-,13+,14+,15+,17-/m1/s1. The molecule has 2 aliphatic rings. The van der Waals surface area contributed by atoms with Crippen LogP contribution in [0.4, 0.5) is 0 Å². The summed E-state index contributed by atoms with van der Waals surface area (Å²) in [4.78, 5) is 12.4. The molecule has 0 spiro atoms. The summed E-state index contributed by atoms with van der Waals surface area (Å²) in [5.74, 6) is 2.63. The maximum atomic E-state index is 12.4. The third-order valence-electron chi connectivity index (χ3n) is 5.49. The number of hydrogen-bond donors (Lipinski definition) is 1. The summed E-state index contributed by atoms with van der Waals surface area (Å²) in [7, 11) is 0. The van der Waals surface area contributed by atoms with Gasteiger partial charge in [0.05, 0.1) is 5.56 Å². The van der Waals surface area contributed by atoms with Gasteiger partial charge in [-0.3, -0.25) is 4.79 Å². The van der Waals surface area contributed by atoms with Crippen LogP contribution in [0.1, 0.15) is 45.1 Å². The highest BCUT2D eigenvalue weighted by Crippen LogP contribution is 2.49. The molecule has 2 aliphatic carbocycles. The number of amides is 1. The van der Waals surface area contributed by atoms with Gasteiger partial charge in [0, 0.05) is 6.04 Å². The Balaban J connectivity index is 1.56. The van der Waals surface area contributed by atoms with Gasteiger partial charge in [-0.2, -0.15) is 5.26 Å². The molecule has 2 fully saturated rings. The first-order valence-electron chi connectivity index (χ1n) is 8.54. The Bertz CT molecular complexity index is 622. The molecule has 1 N–H and O–H groups in total. The zero-order chi connectivity index (χ0) is 16.4. The summed E-state index contributed by atoms with van der Waals surface area (Å²) in [6.07, 6.45) is 4.67. The molecule has 0 aliphatic heterocycles. The zero-order valence-electron chi connectivity index (χ0n) is 13.8. The molecule has 1 aromatic carbocycles. The van der Waals surface area contributed by atoms with E-state index in [9.17, 15) is 4.79 Å². The van der Waals surface area contributed by atoms with E-state index in [0.29, 0.717) is 17.2 Å². The van der Waals surface area contributed by atoms with Crippen molar-refractivity contribution in [1.82, 2.24) is 5.32 Å². The molecule has 122 valence electrons. The normalized spacial score (nSPS) is 28.0. The lowest BCUT2D eigenvalue weighted by atomic mass is 9.84. The number of para-hydroxylation sites is 1. The van der Waals surface area contributed by atoms with Gasteiger partial charge in [-0.15, -0.1) is 0 Å². The topological polar surface area (TPSA) is 62.1 Å². The van der Waals surface area contributed by atoms with E-state index in [0.717, 1.165) is 11.8 Å². The van der Waals surface area contributed by atoms with E-state index in [4.69, 9.17) is 10.00 Å². The van der Waals surface area contributed by atoms with Crippen molar-refractivity contribution >= 4 is 5.91 Å². The first-order valence-corrected chi connectivity index (χ1v) is 8.54. The molecule has 0 saturated heterocycles. The van der Waals surface area contributed by atoms with E-state index in [-0.39, 0.29) is 11.9 Å². The molecule has 2 bridgehead atoms. The monoisotopic (exact) mass is 312 g/mol. The van der Waals surface area contributed by atoms with Crippen LogP contribution in [0.2, 0.25) is 0 Å². The summed E-state index contributed by atoms with van der Waals surface area (Å²) in [6.45, 7) is 3.84. The SMILES string of the molecule is C[C@H](Oc1ccccc1C#N)C(=O)N[C@H](C)[C@H]1C[C@H]2CC[C@H]1C2. The maximum absolute atomic E-state index is 12.4. The fourth-order valence-corrected chi connectivity index (χ4v) is 4.26. The molecule has 1 amide bonds. The van der Waals surface area contributed by atoms with Gasteiger partial charge in [-0.1, -0.05) is 18.6 Å². The number of ether oxygens (including phenoxy) is 1. The molecule has 4 nitrogen and oxygen atoms in total. The van der Waals surface area contributed by atoms with Crippen LogP contribution in [0.25, 0.3) is 0 Å². The summed E-state index contributed by atoms with van der Waals surface area (Å²) < 4.78 is 5.69. The van der Waals surface area contributed by atoms with E-state index < -0.39 is 6.10 Å². The van der Waals surface area contributed by atoms with Crippen molar-refractivity contribution in [3.8, 4) is 11.8 Å². The van der Waals surface area contributed by atoms with Crippen LogP contribution in [0.5, 0.6) is 5.75 Å². The van der Waals surface area contributed by atoms with Crippen LogP contribution in [0, 0.1) is 29.1 Å². The molecule has 5 atom stereocenters. The number of hydrogen-bond acceptors (Lipinski definition) is 3. The smallest absolute Gasteiger partial charge is 0.260 e. The number of fused-ring (bicyclic) bond motifs is 2. The van der Waals surface area contributed by atoms with Gasteiger partial charge in [0.2, 0.25) is 0 Å². The molecule has 4 heteroatoms. The van der Waals surface area contributed by atoms with Gasteiger partial charge in [-0.05, 0) is 63.0 Å². The Labute approximate surface area is 137 Å². The molecular weight excluding hydrogens is 288 g/mol. The lowest BCUT2D eigenvalue weighted by Gasteiger charge is -2.29. The largest absolute Gasteiger partial charge is 0.480 e. The average molecular weight is 312 g/mol. The quantitative estimate of drug-likeness (QED) is 0.907. The third-order valence-corrected chi connectivity index (χ3v) is 5.49. The molecule has 0 aromatic heterocycles. The highest BCUT2D eigenvalue weighted by molar-refractivity contribution is 5.81. The zero-order valence-corrected chi connectivity index (χ0v) is 13.8. The van der Waals surface area contributed by atoms with Crippen LogP contribution in [0.15, 0.2) is 24.3 Å². The Hall–Kier alpha value is -2.02. The first kappa shape index (κ1) is 15.9. The van der Waals surface area contributed by atoms with Crippen molar-refractivity contribution in [2.45, 2.75) is 51.7 Å². The molecule has 3 rings (SSSR count). The van der Waals surface area contributed by atoms with Crippen LogP contribution in [-0.2, 0) is 4.79 Å². The van der Waals surface area contributed by atoms with E-state index in [1.54, 1.807) is 31.2 Å². The molecule has 23 heavy (non-hydrogen) atoms. The number of nitrogens with zero attached hydrogens (tertiary/aromatic N) is 1. The Morgan fingerprint density at radius 1 is 1.30 bits per heavy atom. The van der Waals surface area contributed by atoms with Crippen molar-refractivity contribution in [3.05, 3.63) is 29.8 Å². The van der Waals surface area contributed by atoms with Gasteiger partial charge < -0.3 is 10.1 Å². The first-order chi connectivity index (χ1) is 11.1. The van der Waals surface area contributed by atoms with Crippen molar-refractivity contribution in [2.75, 3.05) is 0 Å². The highest BCUT2D eigenvalue weighted by Gasteiger charge is 2.42. The van der Waals surface area contributed by atoms with Crippen LogP contribution < -0.4 is 10.1 Å². The van der Waals surface area contributed by atoms with Crippen LogP contribution in [-0.4, -0.2) is 18.1 Å². The predicted molar refractivity (Wildman–Crippen MR) is 87.8 cm³/mol. The average Bonchev–Trinajstić information content (AvgIpc) is 3.18. The third kappa shape index (κ3) is 3.34. The van der Waals surface area contributed by atoms with Gasteiger partial charge in [0.1, 0.15) is 11.8 Å². The molecular formula is C19H24N2O2. The van der Waals surface area contributed by atoms with Crippen molar-refractivity contribution in [1.29, 1.82) is 5.26 Å². The molecule has 0 unspecified atom stereocenters. The number of nitrogens with one attached hydrogen (secondary N) is 1. The highest BCUT2D eigenvalue weighted by atomic mass is 16.5. The van der Waals surface area contributed by atoms with E-state index in [2.05, 4.69) is 18.3 Å². The van der Waals surface area contributed by atoms with Gasteiger partial charge in [0.15, 0.2) is 6.10 Å². The molecule has 0 radical (unpaired) electrons. The number of carbonyl (C=O) groups excluding carboxylic acids is 1. The minimum absolute atomic E-state index is 0.104. The van der Waals surface area contributed by atoms with E-state index in [1.165, 1.54) is 25.7 Å². The van der Waals surface area contributed by atoms with Crippen molar-refractivity contribution in [2.24, 2.45) is 17.8 Å². The number of rotatable bonds is 5. The van der Waals surface area contributed by atoms with E-state index in [1.807, 2.05) is 0 Å². The second kappa shape index (κ2) is 6.62. The second-order valence-corrected chi connectivity index (χ2v) is 7.00. The minimum Gasteiger partial charge on any atom is -0.480 e. The summed E-state index contributed by atoms with van der Waals surface area (Å²) >= 11 is 0. The van der Waals surface area contributed by atoms with Crippen LogP contribution in [0.3, 0.4) is 0 Å². The summed E-state index contributed by atoms with van der Waals surface area (Å²) in [6, 6.07) is 9.28. The molecule has 1 aromatic rings. The lowest BCUT2D eigenvalue weighted by Crippen LogP contribution is -2.45. The predicted octanol–water partition coefficient (Wildman–Crippen LogP) is 3.27. The second-order valence-electron chi connectivity index (χ2n) is 7.00. The molecule has 0 heterocycles. The summed E-state index contributed by atoms with van der Waals surface area (Å²) in [5.41, 5.74) is 0.452. The lowest BCUT2D eigenvalue weighted by molar-refractivity contribution is -0.128. The number of benzene rings is 1. The fraction of sp³-hybridized carbons (Fsp3) is 0.579. The van der Waals surface area contributed by atoms with Gasteiger partial charge in [0.25, 0.3) is 5.91 Å².